The molecule has 0 atom stereocenters. The Morgan fingerprint density at radius 1 is 0.400 bits per heavy atom. The smallest absolute Gasteiger partial charge is 0.208 e. The van der Waals surface area contributed by atoms with E-state index in [1.165, 1.54) is 67.2 Å². The molecular weight excluding hydrogens is 488 g/mol. The van der Waals surface area contributed by atoms with Crippen LogP contribution in [0.25, 0.3) is 44.4 Å². The zero-order chi connectivity index (χ0) is 28.0. The molecule has 40 heavy (non-hydrogen) atoms. The van der Waals surface area contributed by atoms with E-state index in [-0.39, 0.29) is 0 Å². The summed E-state index contributed by atoms with van der Waals surface area (Å²) < 4.78 is 8.89. The highest BCUT2D eigenvalue weighted by molar-refractivity contribution is 5.93. The first kappa shape index (κ1) is 25.6. The van der Waals surface area contributed by atoms with E-state index in [1.54, 1.807) is 0 Å². The molecule has 4 heterocycles. The summed E-state index contributed by atoms with van der Waals surface area (Å²) in [6.07, 6.45) is 8.39. The molecule has 0 N–H and O–H groups in total. The Balaban J connectivity index is 1.48. The number of aromatic nitrogens is 4. The van der Waals surface area contributed by atoms with Gasteiger partial charge in [0.1, 0.15) is 14.1 Å². The first-order valence-electron chi connectivity index (χ1n) is 13.8. The highest BCUT2D eigenvalue weighted by Crippen LogP contribution is 2.27. The molecule has 0 fully saturated rings. The molecule has 0 unspecified atom stereocenters. The summed E-state index contributed by atoms with van der Waals surface area (Å²) in [6.45, 7) is 8.81. The number of hydrogen-bond acceptors (Lipinski definition) is 0. The SMILES string of the molecule is Cc1cc(-c2cc[n+](C)cc2)cc(C)[n+]1-c1cccc2c(-[n+]3c(C)cc(-c4cc[n+](C)cc4)cc3C)cccc12. The maximum atomic E-state index is 2.38. The lowest BCUT2D eigenvalue weighted by Crippen LogP contribution is -2.39. The lowest BCUT2D eigenvalue weighted by Gasteiger charge is -2.11. The third-order valence-corrected chi connectivity index (χ3v) is 7.85. The summed E-state index contributed by atoms with van der Waals surface area (Å²) >= 11 is 0. The van der Waals surface area contributed by atoms with Crippen molar-refractivity contribution in [3.05, 3.63) is 132 Å². The van der Waals surface area contributed by atoms with Gasteiger partial charge in [-0.3, -0.25) is 0 Å². The molecule has 0 aliphatic heterocycles. The number of rotatable bonds is 4. The van der Waals surface area contributed by atoms with Crippen molar-refractivity contribution < 1.29 is 18.3 Å². The summed E-state index contributed by atoms with van der Waals surface area (Å²) in [5.74, 6) is 0. The van der Waals surface area contributed by atoms with Crippen molar-refractivity contribution in [1.29, 1.82) is 0 Å². The minimum Gasteiger partial charge on any atom is -0.208 e. The minimum atomic E-state index is 1.20. The van der Waals surface area contributed by atoms with Crippen LogP contribution in [-0.4, -0.2) is 0 Å². The second kappa shape index (κ2) is 10.1. The fourth-order valence-corrected chi connectivity index (χ4v) is 5.95. The second-order valence-corrected chi connectivity index (χ2v) is 10.9. The molecule has 0 spiro atoms. The Labute approximate surface area is 236 Å². The van der Waals surface area contributed by atoms with Gasteiger partial charge in [-0.25, -0.2) is 9.13 Å². The molecular formula is C36H36N4+4. The van der Waals surface area contributed by atoms with Gasteiger partial charge in [0.25, 0.3) is 0 Å². The van der Waals surface area contributed by atoms with Crippen LogP contribution in [0.1, 0.15) is 22.8 Å². The maximum Gasteiger partial charge on any atom is 0.219 e. The molecule has 2 aromatic carbocycles. The predicted octanol–water partition coefficient (Wildman–Crippen LogP) is 5.61. The van der Waals surface area contributed by atoms with E-state index in [2.05, 4.69) is 156 Å². The molecule has 0 radical (unpaired) electrons. The largest absolute Gasteiger partial charge is 0.219 e. The van der Waals surface area contributed by atoms with Crippen molar-refractivity contribution in [3.8, 4) is 33.6 Å². The van der Waals surface area contributed by atoms with Crippen molar-refractivity contribution in [1.82, 2.24) is 0 Å². The molecule has 6 rings (SSSR count). The molecule has 0 saturated carbocycles. The molecule has 4 aromatic heterocycles. The van der Waals surface area contributed by atoms with Crippen LogP contribution in [0, 0.1) is 27.7 Å². The number of pyridine rings is 4. The quantitative estimate of drug-likeness (QED) is 0.267. The van der Waals surface area contributed by atoms with Crippen molar-refractivity contribution >= 4 is 10.8 Å². The van der Waals surface area contributed by atoms with Gasteiger partial charge >= 0.3 is 0 Å². The number of aryl methyl sites for hydroxylation is 6. The molecule has 4 heteroatoms. The predicted molar refractivity (Wildman–Crippen MR) is 159 cm³/mol. The molecule has 196 valence electrons. The van der Waals surface area contributed by atoms with E-state index in [4.69, 9.17) is 0 Å². The van der Waals surface area contributed by atoms with Gasteiger partial charge in [0.05, 0.1) is 10.8 Å². The van der Waals surface area contributed by atoms with Gasteiger partial charge in [-0.05, 0) is 34.4 Å². The second-order valence-electron chi connectivity index (χ2n) is 10.9. The summed E-state index contributed by atoms with van der Waals surface area (Å²) in [7, 11) is 4.10. The summed E-state index contributed by atoms with van der Waals surface area (Å²) in [4.78, 5) is 0. The average Bonchev–Trinajstić information content (AvgIpc) is 2.93. The Kier molecular flexibility index (Phi) is 6.47. The van der Waals surface area contributed by atoms with Gasteiger partial charge in [-0.2, -0.15) is 9.13 Å². The van der Waals surface area contributed by atoms with Crippen molar-refractivity contribution in [3.63, 3.8) is 0 Å². The van der Waals surface area contributed by atoms with Gasteiger partial charge in [-0.1, -0.05) is 12.1 Å². The van der Waals surface area contributed by atoms with E-state index in [0.717, 1.165) is 0 Å². The molecule has 0 aliphatic rings. The van der Waals surface area contributed by atoms with E-state index in [9.17, 15) is 0 Å². The third-order valence-electron chi connectivity index (χ3n) is 7.85. The molecule has 4 nitrogen and oxygen atoms in total. The molecule has 6 aromatic rings. The topological polar surface area (TPSA) is 15.5 Å². The highest BCUT2D eigenvalue weighted by Gasteiger charge is 2.24. The van der Waals surface area contributed by atoms with Crippen LogP contribution in [0.2, 0.25) is 0 Å². The average molecular weight is 525 g/mol. The Hall–Kier alpha value is -4.70. The van der Waals surface area contributed by atoms with Gasteiger partial charge in [0, 0.05) is 88.4 Å². The van der Waals surface area contributed by atoms with Gasteiger partial charge in [-0.15, -0.1) is 0 Å². The van der Waals surface area contributed by atoms with Crippen LogP contribution in [0.15, 0.2) is 110 Å². The Bertz CT molecular complexity index is 1700. The Morgan fingerprint density at radius 2 is 0.725 bits per heavy atom. The summed E-state index contributed by atoms with van der Waals surface area (Å²) in [5, 5.41) is 2.48. The van der Waals surface area contributed by atoms with Crippen LogP contribution < -0.4 is 18.3 Å². The molecule has 0 aliphatic carbocycles. The fraction of sp³-hybridized carbons (Fsp3) is 0.167. The normalized spacial score (nSPS) is 11.2. The molecule has 0 amide bonds. The maximum absolute atomic E-state index is 2.38. The summed E-state index contributed by atoms with van der Waals surface area (Å²) in [5.41, 5.74) is 12.2. The number of hydrogen-bond donors (Lipinski definition) is 0. The van der Waals surface area contributed by atoms with Crippen LogP contribution in [0.5, 0.6) is 0 Å². The van der Waals surface area contributed by atoms with Crippen molar-refractivity contribution in [2.45, 2.75) is 27.7 Å². The van der Waals surface area contributed by atoms with Crippen LogP contribution in [-0.2, 0) is 14.1 Å². The zero-order valence-corrected chi connectivity index (χ0v) is 24.2. The van der Waals surface area contributed by atoms with E-state index in [1.807, 2.05) is 14.1 Å². The lowest BCUT2D eigenvalue weighted by atomic mass is 10.0. The van der Waals surface area contributed by atoms with Crippen molar-refractivity contribution in [2.24, 2.45) is 14.1 Å². The molecule has 0 bridgehead atoms. The zero-order valence-electron chi connectivity index (χ0n) is 24.2. The molecule has 0 saturated heterocycles. The lowest BCUT2D eigenvalue weighted by molar-refractivity contribution is -0.671. The van der Waals surface area contributed by atoms with Gasteiger partial charge < -0.3 is 0 Å². The van der Waals surface area contributed by atoms with Crippen LogP contribution in [0.3, 0.4) is 0 Å². The van der Waals surface area contributed by atoms with E-state index >= 15 is 0 Å². The number of nitrogens with zero attached hydrogens (tertiary/aromatic N) is 4. The third kappa shape index (κ3) is 4.56. The highest BCUT2D eigenvalue weighted by atomic mass is 15.0. The number of fused-ring (bicyclic) bond motifs is 1. The monoisotopic (exact) mass is 524 g/mol. The van der Waals surface area contributed by atoms with Gasteiger partial charge in [0.2, 0.25) is 11.4 Å². The number of benzene rings is 2. The first-order valence-corrected chi connectivity index (χ1v) is 13.8. The van der Waals surface area contributed by atoms with Crippen molar-refractivity contribution in [2.75, 3.05) is 0 Å². The van der Waals surface area contributed by atoms with Gasteiger partial charge in [0.15, 0.2) is 47.6 Å². The van der Waals surface area contributed by atoms with Crippen LogP contribution >= 0.6 is 0 Å². The minimum absolute atomic E-state index is 1.20. The Morgan fingerprint density at radius 3 is 1.05 bits per heavy atom. The fourth-order valence-electron chi connectivity index (χ4n) is 5.95. The van der Waals surface area contributed by atoms with E-state index < -0.39 is 0 Å². The van der Waals surface area contributed by atoms with Crippen LogP contribution in [0.4, 0.5) is 0 Å². The first-order chi connectivity index (χ1) is 19.3. The summed E-state index contributed by atoms with van der Waals surface area (Å²) in [6, 6.07) is 31.2. The van der Waals surface area contributed by atoms with E-state index in [0.29, 0.717) is 0 Å². The standard InChI is InChI=1S/C36H36N4/c1-25-21-31(29-13-17-37(5)18-14-29)22-26(2)39(25)35-11-7-10-34-33(35)9-8-12-36(34)40-27(3)23-32(24-28(40)4)30-15-19-38(6)20-16-30/h7-24H,1-6H3/q+4.